The van der Waals surface area contributed by atoms with Crippen molar-refractivity contribution in [1.29, 1.82) is 0 Å². The Morgan fingerprint density at radius 3 is 2.89 bits per heavy atom. The van der Waals surface area contributed by atoms with Crippen LogP contribution >= 0.6 is 15.9 Å². The molecule has 90 valence electrons. The van der Waals surface area contributed by atoms with E-state index < -0.39 is 0 Å². The van der Waals surface area contributed by atoms with E-state index in [1.54, 1.807) is 16.6 Å². The maximum Gasteiger partial charge on any atom is 0.156 e. The zero-order valence-corrected chi connectivity index (χ0v) is 11.0. The lowest BCUT2D eigenvalue weighted by Crippen LogP contribution is -1.92. The summed E-state index contributed by atoms with van der Waals surface area (Å²) in [6.45, 7) is 0. The molecule has 3 rings (SSSR count). The SMILES string of the molecule is Oc1ccccc1Cc1nc2cc(Br)ccn2n1. The monoisotopic (exact) mass is 303 g/mol. The minimum absolute atomic E-state index is 0.275. The van der Waals surface area contributed by atoms with E-state index in [9.17, 15) is 5.11 Å². The van der Waals surface area contributed by atoms with Crippen LogP contribution in [-0.4, -0.2) is 19.7 Å². The number of phenolic OH excluding ortho intramolecular Hbond substituents is 1. The number of nitrogens with zero attached hydrogens (tertiary/aromatic N) is 3. The van der Waals surface area contributed by atoms with Crippen LogP contribution in [0.25, 0.3) is 5.65 Å². The average molecular weight is 304 g/mol. The molecule has 0 unspecified atom stereocenters. The lowest BCUT2D eigenvalue weighted by Gasteiger charge is -1.99. The molecule has 0 radical (unpaired) electrons. The van der Waals surface area contributed by atoms with E-state index in [1.165, 1.54) is 0 Å². The number of halogens is 1. The number of para-hydroxylation sites is 1. The standard InChI is InChI=1S/C13H10BrN3O/c14-10-5-6-17-13(8-10)15-12(16-17)7-9-3-1-2-4-11(9)18/h1-6,8,18H,7H2. The minimum Gasteiger partial charge on any atom is -0.508 e. The largest absolute Gasteiger partial charge is 0.508 e. The van der Waals surface area contributed by atoms with Gasteiger partial charge in [-0.05, 0) is 18.2 Å². The van der Waals surface area contributed by atoms with Crippen molar-refractivity contribution in [3.8, 4) is 5.75 Å². The van der Waals surface area contributed by atoms with Gasteiger partial charge in [0.2, 0.25) is 0 Å². The van der Waals surface area contributed by atoms with E-state index in [1.807, 2.05) is 30.5 Å². The molecule has 0 aliphatic heterocycles. The Bertz CT molecular complexity index is 708. The summed E-state index contributed by atoms with van der Waals surface area (Å²) in [5.41, 5.74) is 1.61. The van der Waals surface area contributed by atoms with Gasteiger partial charge in [0.05, 0.1) is 0 Å². The molecule has 3 aromatic rings. The van der Waals surface area contributed by atoms with Gasteiger partial charge < -0.3 is 5.11 Å². The highest BCUT2D eigenvalue weighted by molar-refractivity contribution is 9.10. The summed E-state index contributed by atoms with van der Waals surface area (Å²) >= 11 is 3.40. The fourth-order valence-corrected chi connectivity index (χ4v) is 2.13. The number of hydrogen-bond acceptors (Lipinski definition) is 3. The number of hydrogen-bond donors (Lipinski definition) is 1. The van der Waals surface area contributed by atoms with Gasteiger partial charge in [-0.25, -0.2) is 9.50 Å². The quantitative estimate of drug-likeness (QED) is 0.792. The first-order valence-corrected chi connectivity index (χ1v) is 6.29. The lowest BCUT2D eigenvalue weighted by molar-refractivity contribution is 0.469. The number of aromatic hydroxyl groups is 1. The van der Waals surface area contributed by atoms with Crippen LogP contribution in [0.15, 0.2) is 47.1 Å². The van der Waals surface area contributed by atoms with E-state index in [0.717, 1.165) is 15.7 Å². The summed E-state index contributed by atoms with van der Waals surface area (Å²) in [6.07, 6.45) is 2.37. The van der Waals surface area contributed by atoms with Crippen molar-refractivity contribution in [2.45, 2.75) is 6.42 Å². The normalized spacial score (nSPS) is 10.9. The van der Waals surface area contributed by atoms with Gasteiger partial charge in [0.25, 0.3) is 0 Å². The third-order valence-corrected chi connectivity index (χ3v) is 3.18. The molecular weight excluding hydrogens is 294 g/mol. The van der Waals surface area contributed by atoms with Crippen molar-refractivity contribution in [2.24, 2.45) is 0 Å². The Labute approximate surface area is 112 Å². The number of fused-ring (bicyclic) bond motifs is 1. The van der Waals surface area contributed by atoms with Crippen LogP contribution in [0, 0.1) is 0 Å². The maximum atomic E-state index is 9.72. The Morgan fingerprint density at radius 1 is 1.22 bits per heavy atom. The molecule has 0 aliphatic carbocycles. The molecule has 1 aromatic carbocycles. The molecule has 18 heavy (non-hydrogen) atoms. The fraction of sp³-hybridized carbons (Fsp3) is 0.0769. The van der Waals surface area contributed by atoms with Gasteiger partial charge in [-0.3, -0.25) is 0 Å². The van der Waals surface area contributed by atoms with Crippen LogP contribution in [0.4, 0.5) is 0 Å². The van der Waals surface area contributed by atoms with Crippen molar-refractivity contribution in [1.82, 2.24) is 14.6 Å². The Hall–Kier alpha value is -1.88. The van der Waals surface area contributed by atoms with Crippen molar-refractivity contribution in [2.75, 3.05) is 0 Å². The molecule has 0 aliphatic rings. The van der Waals surface area contributed by atoms with Crippen LogP contribution in [0.3, 0.4) is 0 Å². The summed E-state index contributed by atoms with van der Waals surface area (Å²) in [4.78, 5) is 4.42. The molecule has 2 heterocycles. The molecule has 0 bridgehead atoms. The summed E-state index contributed by atoms with van der Waals surface area (Å²) < 4.78 is 2.69. The number of benzene rings is 1. The van der Waals surface area contributed by atoms with Gasteiger partial charge in [0, 0.05) is 22.7 Å². The molecular formula is C13H10BrN3O. The predicted octanol–water partition coefficient (Wildman–Crippen LogP) is 2.79. The summed E-state index contributed by atoms with van der Waals surface area (Å²) in [7, 11) is 0. The summed E-state index contributed by atoms with van der Waals surface area (Å²) in [5.74, 6) is 0.965. The second-order valence-electron chi connectivity index (χ2n) is 3.98. The fourth-order valence-electron chi connectivity index (χ4n) is 1.81. The molecule has 0 amide bonds. The third kappa shape index (κ3) is 2.09. The molecule has 0 saturated carbocycles. The minimum atomic E-state index is 0.275. The molecule has 0 fully saturated rings. The third-order valence-electron chi connectivity index (χ3n) is 2.68. The number of phenols is 1. The topological polar surface area (TPSA) is 50.4 Å². The van der Waals surface area contributed by atoms with Crippen molar-refractivity contribution in [3.63, 3.8) is 0 Å². The Balaban J connectivity index is 1.98. The first-order chi connectivity index (χ1) is 8.72. The molecule has 1 N–H and O–H groups in total. The number of pyridine rings is 1. The van der Waals surface area contributed by atoms with Crippen LogP contribution in [-0.2, 0) is 6.42 Å². The van der Waals surface area contributed by atoms with Crippen LogP contribution in [0.2, 0.25) is 0 Å². The van der Waals surface area contributed by atoms with Crippen molar-refractivity contribution < 1.29 is 5.11 Å². The highest BCUT2D eigenvalue weighted by atomic mass is 79.9. The number of aromatic nitrogens is 3. The zero-order chi connectivity index (χ0) is 12.5. The van der Waals surface area contributed by atoms with Crippen LogP contribution in [0.1, 0.15) is 11.4 Å². The number of rotatable bonds is 2. The van der Waals surface area contributed by atoms with Gasteiger partial charge >= 0.3 is 0 Å². The molecule has 0 saturated heterocycles. The van der Waals surface area contributed by atoms with Gasteiger partial charge in [0.1, 0.15) is 5.75 Å². The van der Waals surface area contributed by atoms with E-state index in [0.29, 0.717) is 12.2 Å². The highest BCUT2D eigenvalue weighted by Gasteiger charge is 2.07. The van der Waals surface area contributed by atoms with E-state index in [-0.39, 0.29) is 5.75 Å². The van der Waals surface area contributed by atoms with Crippen molar-refractivity contribution in [3.05, 3.63) is 58.5 Å². The second-order valence-corrected chi connectivity index (χ2v) is 4.90. The molecule has 4 nitrogen and oxygen atoms in total. The van der Waals surface area contributed by atoms with E-state index in [4.69, 9.17) is 0 Å². The zero-order valence-electron chi connectivity index (χ0n) is 9.42. The van der Waals surface area contributed by atoms with Gasteiger partial charge in [0.15, 0.2) is 11.5 Å². The van der Waals surface area contributed by atoms with E-state index in [2.05, 4.69) is 26.0 Å². The second kappa shape index (κ2) is 4.42. The smallest absolute Gasteiger partial charge is 0.156 e. The van der Waals surface area contributed by atoms with Crippen LogP contribution in [0.5, 0.6) is 5.75 Å². The lowest BCUT2D eigenvalue weighted by atomic mass is 10.1. The summed E-state index contributed by atoms with van der Waals surface area (Å²) in [6, 6.07) is 11.0. The first-order valence-electron chi connectivity index (χ1n) is 5.50. The average Bonchev–Trinajstić information content (AvgIpc) is 2.73. The molecule has 5 heteroatoms. The first kappa shape index (κ1) is 11.2. The van der Waals surface area contributed by atoms with Crippen molar-refractivity contribution >= 4 is 21.6 Å². The maximum absolute atomic E-state index is 9.72. The van der Waals surface area contributed by atoms with Crippen LogP contribution < -0.4 is 0 Å². The highest BCUT2D eigenvalue weighted by Crippen LogP contribution is 2.19. The molecule has 2 aromatic heterocycles. The van der Waals surface area contributed by atoms with E-state index >= 15 is 0 Å². The summed E-state index contributed by atoms with van der Waals surface area (Å²) in [5, 5.41) is 14.1. The molecule has 0 spiro atoms. The van der Waals surface area contributed by atoms with Gasteiger partial charge in [-0.1, -0.05) is 34.1 Å². The Morgan fingerprint density at radius 2 is 2.06 bits per heavy atom. The molecule has 0 atom stereocenters. The van der Waals surface area contributed by atoms with Gasteiger partial charge in [-0.2, -0.15) is 5.10 Å². The Kier molecular flexibility index (Phi) is 2.76. The predicted molar refractivity (Wildman–Crippen MR) is 71.6 cm³/mol. The van der Waals surface area contributed by atoms with Gasteiger partial charge in [-0.15, -0.1) is 0 Å².